The Bertz CT molecular complexity index is 6300. The molecule has 0 atom stereocenters. The number of para-hydroxylation sites is 3. The number of hydrogen-bond donors (Lipinski definition) is 0. The third-order valence-electron chi connectivity index (χ3n) is 19.7. The molecule has 19 aromatic rings. The molecule has 0 aliphatic heterocycles. The van der Waals surface area contributed by atoms with E-state index in [2.05, 4.69) is 410 Å². The first kappa shape index (κ1) is 62.9. The lowest BCUT2D eigenvalue weighted by Gasteiger charge is -2.30. The summed E-state index contributed by atoms with van der Waals surface area (Å²) in [5.74, 6) is 0. The number of hydrogen-bond acceptors (Lipinski definition) is 7. The summed E-state index contributed by atoms with van der Waals surface area (Å²) >= 11 is 5.57. The Kier molecular flexibility index (Phi) is 16.7. The minimum absolute atomic E-state index is 1.12. The lowest BCUT2D eigenvalue weighted by Crippen LogP contribution is -2.13. The standard InChI is InChI=1S/C49H34N2S2.C47H34N2S/c1-33-29-38(50(36-16-6-3-7-17-36)39-24-27-48-43(31-39)41-19-8-10-21-46(41)52-48)23-26-45(33)51(37-18-12-15-35(30-37)34-13-4-2-5-14-34)40-25-28-49-44(32-40)42-20-9-11-22-47(42)53-49;1-33-31-39(48(36-15-4-2-5-16-36)40-27-29-44-43-20-10-11-22-46(43)50-47(44)32-40)28-30-45(33)49(37-17-6-3-7-18-37)38-25-23-35(24-26-38)42-21-12-14-34-13-8-9-19-41(34)42/h2-32H,1H3;2-32H,1H3. The maximum atomic E-state index is 2.42. The summed E-state index contributed by atoms with van der Waals surface area (Å²) in [5.41, 5.74) is 20.8. The first-order valence-electron chi connectivity index (χ1n) is 34.9. The molecule has 0 aliphatic carbocycles. The molecule has 0 radical (unpaired) electrons. The molecule has 0 amide bonds. The summed E-state index contributed by atoms with van der Waals surface area (Å²) in [4.78, 5) is 9.54. The van der Waals surface area contributed by atoms with E-state index in [1.165, 1.54) is 105 Å². The van der Waals surface area contributed by atoms with Gasteiger partial charge in [-0.15, -0.1) is 34.0 Å². The molecule has 4 nitrogen and oxygen atoms in total. The quantitative estimate of drug-likeness (QED) is 0.108. The fraction of sp³-hybridized carbons (Fsp3) is 0.0208. The Labute approximate surface area is 612 Å². The second-order valence-corrected chi connectivity index (χ2v) is 29.4. The van der Waals surface area contributed by atoms with Crippen molar-refractivity contribution < 1.29 is 0 Å². The first-order valence-corrected chi connectivity index (χ1v) is 37.4. The van der Waals surface area contributed by atoms with E-state index in [0.717, 1.165) is 68.2 Å². The fourth-order valence-electron chi connectivity index (χ4n) is 14.8. The Morgan fingerprint density at radius 1 is 0.184 bits per heavy atom. The van der Waals surface area contributed by atoms with E-state index >= 15 is 0 Å². The van der Waals surface area contributed by atoms with Gasteiger partial charge in [0.1, 0.15) is 0 Å². The van der Waals surface area contributed by atoms with Crippen molar-refractivity contribution in [3.63, 3.8) is 0 Å². The van der Waals surface area contributed by atoms with Crippen LogP contribution in [0.25, 0.3) is 93.5 Å². The second kappa shape index (κ2) is 27.3. The molecule has 16 aromatic carbocycles. The number of thiophene rings is 3. The minimum atomic E-state index is 1.12. The Hall–Kier alpha value is -12.4. The van der Waals surface area contributed by atoms with Crippen LogP contribution in [-0.4, -0.2) is 0 Å². The number of benzene rings is 16. The van der Waals surface area contributed by atoms with Crippen LogP contribution in [0.2, 0.25) is 0 Å². The predicted octanol–water partition coefficient (Wildman–Crippen LogP) is 29.5. The molecule has 0 spiro atoms. The molecular weight excluding hydrogens is 1310 g/mol. The number of nitrogens with zero attached hydrogens (tertiary/aromatic N) is 4. The van der Waals surface area contributed by atoms with Gasteiger partial charge in [0.15, 0.2) is 0 Å². The van der Waals surface area contributed by atoms with Crippen molar-refractivity contribution >= 4 is 174 Å². The van der Waals surface area contributed by atoms with Crippen molar-refractivity contribution in [3.8, 4) is 22.3 Å². The molecule has 0 bridgehead atoms. The Balaban J connectivity index is 0.000000147. The lowest BCUT2D eigenvalue weighted by molar-refractivity contribution is 1.23. The summed E-state index contributed by atoms with van der Waals surface area (Å²) in [5, 5.41) is 10.3. The highest BCUT2D eigenvalue weighted by molar-refractivity contribution is 7.26. The van der Waals surface area contributed by atoms with E-state index in [1.807, 2.05) is 34.0 Å². The zero-order chi connectivity index (χ0) is 68.7. The van der Waals surface area contributed by atoms with Gasteiger partial charge in [-0.1, -0.05) is 212 Å². The highest BCUT2D eigenvalue weighted by Crippen LogP contribution is 2.48. The monoisotopic (exact) mass is 1370 g/mol. The minimum Gasteiger partial charge on any atom is -0.310 e. The third-order valence-corrected chi connectivity index (χ3v) is 23.1. The second-order valence-electron chi connectivity index (χ2n) is 26.1. The number of anilines is 12. The molecule has 0 saturated carbocycles. The molecule has 103 heavy (non-hydrogen) atoms. The molecule has 3 aromatic heterocycles. The van der Waals surface area contributed by atoms with Gasteiger partial charge >= 0.3 is 0 Å². The smallest absolute Gasteiger partial charge is 0.0492 e. The van der Waals surface area contributed by atoms with Crippen LogP contribution < -0.4 is 19.6 Å². The SMILES string of the molecule is Cc1cc(N(c2ccccc2)c2ccc3c(c2)sc2ccccc23)ccc1N(c1ccccc1)c1ccc(-c2cccc3ccccc23)cc1.Cc1cc(N(c2ccccc2)c2ccc3sc4ccccc4c3c2)ccc1N(c1cccc(-c2ccccc2)c1)c1ccc2sc3ccccc3c2c1. The summed E-state index contributed by atoms with van der Waals surface area (Å²) in [6.07, 6.45) is 0. The topological polar surface area (TPSA) is 13.0 Å². The molecule has 0 fully saturated rings. The van der Waals surface area contributed by atoms with Gasteiger partial charge in [-0.25, -0.2) is 0 Å². The van der Waals surface area contributed by atoms with Crippen LogP contribution in [0.5, 0.6) is 0 Å². The molecule has 0 saturated heterocycles. The summed E-state index contributed by atoms with van der Waals surface area (Å²) in [6.45, 7) is 4.46. The average Bonchev–Trinajstić information content (AvgIpc) is 1.72. The third kappa shape index (κ3) is 12.1. The number of aryl methyl sites for hydroxylation is 2. The largest absolute Gasteiger partial charge is 0.310 e. The van der Waals surface area contributed by atoms with Crippen LogP contribution >= 0.6 is 34.0 Å². The highest BCUT2D eigenvalue weighted by atomic mass is 32.1. The van der Waals surface area contributed by atoms with E-state index in [4.69, 9.17) is 0 Å². The zero-order valence-electron chi connectivity index (χ0n) is 56.8. The van der Waals surface area contributed by atoms with Crippen molar-refractivity contribution in [1.29, 1.82) is 0 Å². The van der Waals surface area contributed by atoms with Gasteiger partial charge in [-0.05, 0) is 222 Å². The van der Waals surface area contributed by atoms with Crippen LogP contribution in [0.4, 0.5) is 68.2 Å². The maximum absolute atomic E-state index is 2.42. The van der Waals surface area contributed by atoms with Crippen molar-refractivity contribution in [2.24, 2.45) is 0 Å². The molecule has 490 valence electrons. The number of fused-ring (bicyclic) bond motifs is 10. The normalized spacial score (nSPS) is 11.4. The van der Waals surface area contributed by atoms with Gasteiger partial charge in [-0.2, -0.15) is 0 Å². The van der Waals surface area contributed by atoms with Crippen molar-refractivity contribution in [2.45, 2.75) is 13.8 Å². The van der Waals surface area contributed by atoms with Crippen molar-refractivity contribution in [1.82, 2.24) is 0 Å². The average molecular weight is 1370 g/mol. The summed E-state index contributed by atoms with van der Waals surface area (Å²) in [7, 11) is 0. The lowest BCUT2D eigenvalue weighted by atomic mass is 9.98. The molecule has 0 aliphatic rings. The van der Waals surface area contributed by atoms with E-state index in [1.54, 1.807) is 0 Å². The van der Waals surface area contributed by atoms with Crippen molar-refractivity contribution in [2.75, 3.05) is 19.6 Å². The van der Waals surface area contributed by atoms with Crippen LogP contribution in [0.3, 0.4) is 0 Å². The van der Waals surface area contributed by atoms with Gasteiger partial charge in [0, 0.05) is 129 Å². The van der Waals surface area contributed by atoms with E-state index in [9.17, 15) is 0 Å². The molecule has 3 heterocycles. The Morgan fingerprint density at radius 2 is 0.524 bits per heavy atom. The summed E-state index contributed by atoms with van der Waals surface area (Å²) < 4.78 is 7.84. The Morgan fingerprint density at radius 3 is 1.08 bits per heavy atom. The number of rotatable bonds is 14. The van der Waals surface area contributed by atoms with Crippen LogP contribution in [0.15, 0.2) is 376 Å². The molecule has 0 N–H and O–H groups in total. The van der Waals surface area contributed by atoms with E-state index in [0.29, 0.717) is 0 Å². The maximum Gasteiger partial charge on any atom is 0.0492 e. The van der Waals surface area contributed by atoms with Gasteiger partial charge in [0.25, 0.3) is 0 Å². The van der Waals surface area contributed by atoms with Crippen molar-refractivity contribution in [3.05, 3.63) is 387 Å². The van der Waals surface area contributed by atoms with Crippen LogP contribution in [0, 0.1) is 13.8 Å². The van der Waals surface area contributed by atoms with Crippen LogP contribution in [-0.2, 0) is 0 Å². The van der Waals surface area contributed by atoms with Gasteiger partial charge in [-0.3, -0.25) is 0 Å². The summed E-state index contributed by atoms with van der Waals surface area (Å²) in [6, 6.07) is 136. The van der Waals surface area contributed by atoms with E-state index in [-0.39, 0.29) is 0 Å². The van der Waals surface area contributed by atoms with Gasteiger partial charge < -0.3 is 19.6 Å². The molecule has 0 unspecified atom stereocenters. The molecule has 7 heteroatoms. The molecular formula is C96H68N4S3. The molecule has 19 rings (SSSR count). The van der Waals surface area contributed by atoms with Gasteiger partial charge in [0.05, 0.1) is 0 Å². The highest BCUT2D eigenvalue weighted by Gasteiger charge is 2.23. The van der Waals surface area contributed by atoms with Gasteiger partial charge in [0.2, 0.25) is 0 Å². The van der Waals surface area contributed by atoms with E-state index < -0.39 is 0 Å². The predicted molar refractivity (Wildman–Crippen MR) is 448 cm³/mol. The van der Waals surface area contributed by atoms with Crippen LogP contribution in [0.1, 0.15) is 11.1 Å². The zero-order valence-corrected chi connectivity index (χ0v) is 59.3. The first-order chi connectivity index (χ1) is 50.9. The fourth-order valence-corrected chi connectivity index (χ4v) is 18.1.